The first-order valence-corrected chi connectivity index (χ1v) is 4.90. The highest BCUT2D eigenvalue weighted by Crippen LogP contribution is 2.25. The fraction of sp³-hybridized carbons (Fsp3) is 0.222. The van der Waals surface area contributed by atoms with Crippen molar-refractivity contribution in [1.82, 2.24) is 5.43 Å². The summed E-state index contributed by atoms with van der Waals surface area (Å²) in [5, 5.41) is 0.0807. The van der Waals surface area contributed by atoms with Crippen LogP contribution >= 0.6 is 24.2 Å². The second kappa shape index (κ2) is 4.68. The summed E-state index contributed by atoms with van der Waals surface area (Å²) in [6.07, 6.45) is 0. The SMILES string of the molecule is Cc1cc(Cl)ccc1C(S)C(=O)NN. The number of thiol groups is 1. The van der Waals surface area contributed by atoms with E-state index in [1.807, 2.05) is 6.92 Å². The van der Waals surface area contributed by atoms with Crippen molar-refractivity contribution in [1.29, 1.82) is 0 Å². The number of amides is 1. The molecule has 1 aromatic carbocycles. The number of hydrogen-bond acceptors (Lipinski definition) is 3. The average Bonchev–Trinajstić information content (AvgIpc) is 2.15. The third-order valence-corrected chi connectivity index (χ3v) is 2.66. The van der Waals surface area contributed by atoms with Gasteiger partial charge in [-0.05, 0) is 30.2 Å². The van der Waals surface area contributed by atoms with E-state index < -0.39 is 5.25 Å². The van der Waals surface area contributed by atoms with Gasteiger partial charge in [-0.2, -0.15) is 12.6 Å². The molecule has 76 valence electrons. The van der Waals surface area contributed by atoms with Gasteiger partial charge in [0.05, 0.1) is 0 Å². The van der Waals surface area contributed by atoms with Crippen LogP contribution in [0.4, 0.5) is 0 Å². The molecule has 0 aliphatic rings. The predicted molar refractivity (Wildman–Crippen MR) is 60.2 cm³/mol. The van der Waals surface area contributed by atoms with E-state index in [1.54, 1.807) is 18.2 Å². The third kappa shape index (κ3) is 2.41. The quantitative estimate of drug-likeness (QED) is 0.313. The summed E-state index contributed by atoms with van der Waals surface area (Å²) < 4.78 is 0. The number of rotatable bonds is 2. The summed E-state index contributed by atoms with van der Waals surface area (Å²) in [5.41, 5.74) is 3.78. The first-order valence-electron chi connectivity index (χ1n) is 4.01. The molecule has 0 aromatic heterocycles. The van der Waals surface area contributed by atoms with Gasteiger partial charge in [0.2, 0.25) is 0 Å². The molecule has 1 aromatic rings. The summed E-state index contributed by atoms with van der Waals surface area (Å²) in [6.45, 7) is 1.87. The van der Waals surface area contributed by atoms with Crippen LogP contribution in [0.15, 0.2) is 18.2 Å². The maximum Gasteiger partial charge on any atom is 0.251 e. The van der Waals surface area contributed by atoms with Crippen LogP contribution in [0.3, 0.4) is 0 Å². The molecule has 1 rings (SSSR count). The van der Waals surface area contributed by atoms with Gasteiger partial charge in [-0.1, -0.05) is 17.7 Å². The van der Waals surface area contributed by atoms with Crippen molar-refractivity contribution in [3.63, 3.8) is 0 Å². The van der Waals surface area contributed by atoms with Crippen molar-refractivity contribution >= 4 is 30.1 Å². The van der Waals surface area contributed by atoms with Gasteiger partial charge in [-0.15, -0.1) is 0 Å². The zero-order valence-corrected chi connectivity index (χ0v) is 9.27. The monoisotopic (exact) mass is 230 g/mol. The molecule has 1 unspecified atom stereocenters. The highest BCUT2D eigenvalue weighted by molar-refractivity contribution is 7.81. The summed E-state index contributed by atoms with van der Waals surface area (Å²) in [7, 11) is 0. The summed E-state index contributed by atoms with van der Waals surface area (Å²) in [6, 6.07) is 5.27. The molecule has 0 aliphatic carbocycles. The molecule has 1 amide bonds. The van der Waals surface area contributed by atoms with Crippen LogP contribution in [0.1, 0.15) is 16.4 Å². The Bertz CT molecular complexity index is 357. The molecule has 5 heteroatoms. The Morgan fingerprint density at radius 1 is 1.64 bits per heavy atom. The minimum atomic E-state index is -0.558. The smallest absolute Gasteiger partial charge is 0.251 e. The number of hydrogen-bond donors (Lipinski definition) is 3. The van der Waals surface area contributed by atoms with Crippen LogP contribution in [0.5, 0.6) is 0 Å². The van der Waals surface area contributed by atoms with E-state index in [1.165, 1.54) is 0 Å². The Kier molecular flexibility index (Phi) is 3.80. The number of aryl methyl sites for hydroxylation is 1. The molecule has 0 heterocycles. The van der Waals surface area contributed by atoms with E-state index >= 15 is 0 Å². The number of nitrogens with one attached hydrogen (secondary N) is 1. The van der Waals surface area contributed by atoms with Crippen molar-refractivity contribution < 1.29 is 4.79 Å². The highest BCUT2D eigenvalue weighted by atomic mass is 35.5. The average molecular weight is 231 g/mol. The van der Waals surface area contributed by atoms with Gasteiger partial charge in [0, 0.05) is 5.02 Å². The lowest BCUT2D eigenvalue weighted by Crippen LogP contribution is -2.33. The number of benzene rings is 1. The fourth-order valence-electron chi connectivity index (χ4n) is 1.17. The lowest BCUT2D eigenvalue weighted by molar-refractivity contribution is -0.120. The molecular weight excluding hydrogens is 220 g/mol. The zero-order valence-electron chi connectivity index (χ0n) is 7.62. The predicted octanol–water partition coefficient (Wildman–Crippen LogP) is 1.61. The highest BCUT2D eigenvalue weighted by Gasteiger charge is 2.16. The molecule has 0 aliphatic heterocycles. The van der Waals surface area contributed by atoms with Gasteiger partial charge in [0.25, 0.3) is 5.91 Å². The van der Waals surface area contributed by atoms with Gasteiger partial charge in [-0.3, -0.25) is 10.2 Å². The van der Waals surface area contributed by atoms with E-state index in [-0.39, 0.29) is 5.91 Å². The van der Waals surface area contributed by atoms with Crippen LogP contribution in [0.25, 0.3) is 0 Å². The Hall–Kier alpha value is -0.710. The molecule has 3 N–H and O–H groups in total. The van der Waals surface area contributed by atoms with Gasteiger partial charge < -0.3 is 0 Å². The van der Waals surface area contributed by atoms with E-state index in [4.69, 9.17) is 17.4 Å². The second-order valence-electron chi connectivity index (χ2n) is 2.91. The molecule has 0 radical (unpaired) electrons. The Morgan fingerprint density at radius 2 is 2.29 bits per heavy atom. The lowest BCUT2D eigenvalue weighted by Gasteiger charge is -2.12. The first kappa shape index (κ1) is 11.4. The maximum absolute atomic E-state index is 11.2. The van der Waals surface area contributed by atoms with Gasteiger partial charge in [0.1, 0.15) is 5.25 Å². The standard InChI is InChI=1S/C9H11ClN2OS/c1-5-4-6(10)2-3-7(5)8(14)9(13)12-11/h2-4,8,14H,11H2,1H3,(H,12,13). The van der Waals surface area contributed by atoms with Crippen molar-refractivity contribution in [3.8, 4) is 0 Å². The molecule has 3 nitrogen and oxygen atoms in total. The molecule has 0 bridgehead atoms. The topological polar surface area (TPSA) is 55.1 Å². The first-order chi connectivity index (χ1) is 6.56. The van der Waals surface area contributed by atoms with Gasteiger partial charge in [0.15, 0.2) is 0 Å². The largest absolute Gasteiger partial charge is 0.293 e. The van der Waals surface area contributed by atoms with E-state index in [2.05, 4.69) is 18.1 Å². The number of carbonyl (C=O) groups excluding carboxylic acids is 1. The van der Waals surface area contributed by atoms with Crippen LogP contribution < -0.4 is 11.3 Å². The Balaban J connectivity index is 3.01. The fourth-order valence-corrected chi connectivity index (χ4v) is 1.76. The normalized spacial score (nSPS) is 12.3. The Morgan fingerprint density at radius 3 is 2.79 bits per heavy atom. The van der Waals surface area contributed by atoms with Crippen molar-refractivity contribution in [2.24, 2.45) is 5.84 Å². The van der Waals surface area contributed by atoms with Gasteiger partial charge in [-0.25, -0.2) is 5.84 Å². The van der Waals surface area contributed by atoms with Crippen molar-refractivity contribution in [3.05, 3.63) is 34.3 Å². The number of nitrogens with two attached hydrogens (primary N) is 1. The molecule has 14 heavy (non-hydrogen) atoms. The summed E-state index contributed by atoms with van der Waals surface area (Å²) in [4.78, 5) is 11.2. The molecule has 0 saturated heterocycles. The van der Waals surface area contributed by atoms with Crippen LogP contribution in [-0.4, -0.2) is 5.91 Å². The molecule has 0 fully saturated rings. The molecular formula is C9H11ClN2OS. The minimum Gasteiger partial charge on any atom is -0.293 e. The van der Waals surface area contributed by atoms with Crippen molar-refractivity contribution in [2.75, 3.05) is 0 Å². The van der Waals surface area contributed by atoms with Crippen molar-refractivity contribution in [2.45, 2.75) is 12.2 Å². The van der Waals surface area contributed by atoms with Crippen LogP contribution in [0, 0.1) is 6.92 Å². The zero-order chi connectivity index (χ0) is 10.7. The Labute approximate surface area is 93.0 Å². The van der Waals surface area contributed by atoms with E-state index in [9.17, 15) is 4.79 Å². The third-order valence-electron chi connectivity index (χ3n) is 1.92. The maximum atomic E-state index is 11.2. The van der Waals surface area contributed by atoms with Crippen LogP contribution in [-0.2, 0) is 4.79 Å². The second-order valence-corrected chi connectivity index (χ2v) is 3.86. The van der Waals surface area contributed by atoms with E-state index in [0.717, 1.165) is 11.1 Å². The van der Waals surface area contributed by atoms with E-state index in [0.29, 0.717) is 5.02 Å². The van der Waals surface area contributed by atoms with Crippen LogP contribution in [0.2, 0.25) is 5.02 Å². The lowest BCUT2D eigenvalue weighted by atomic mass is 10.1. The summed E-state index contributed by atoms with van der Waals surface area (Å²) >= 11 is 9.95. The number of carbonyl (C=O) groups is 1. The number of hydrazine groups is 1. The molecule has 0 saturated carbocycles. The summed E-state index contributed by atoms with van der Waals surface area (Å²) in [5.74, 6) is 4.68. The number of halogens is 1. The minimum absolute atomic E-state index is 0.334. The molecule has 0 spiro atoms. The molecule has 1 atom stereocenters. The van der Waals surface area contributed by atoms with Gasteiger partial charge >= 0.3 is 0 Å².